The summed E-state index contributed by atoms with van der Waals surface area (Å²) in [6, 6.07) is 6.48. The van der Waals surface area contributed by atoms with Gasteiger partial charge < -0.3 is 10.4 Å². The summed E-state index contributed by atoms with van der Waals surface area (Å²) < 4.78 is 0. The van der Waals surface area contributed by atoms with Crippen LogP contribution in [0.4, 0.5) is 5.69 Å². The topological polar surface area (TPSA) is 89.3 Å². The Morgan fingerprint density at radius 1 is 1.50 bits per heavy atom. The predicted molar refractivity (Wildman–Crippen MR) is 102 cm³/mol. The third kappa shape index (κ3) is 3.59. The Labute approximate surface area is 157 Å². The summed E-state index contributed by atoms with van der Waals surface area (Å²) >= 11 is 6.31. The van der Waals surface area contributed by atoms with Gasteiger partial charge in [-0.3, -0.25) is 14.7 Å². The van der Waals surface area contributed by atoms with Gasteiger partial charge in [0.2, 0.25) is 0 Å². The van der Waals surface area contributed by atoms with Crippen LogP contribution in [0.2, 0.25) is 5.02 Å². The van der Waals surface area contributed by atoms with Gasteiger partial charge >= 0.3 is 5.97 Å². The van der Waals surface area contributed by atoms with Crippen molar-refractivity contribution in [1.29, 1.82) is 5.26 Å². The number of nitrogens with one attached hydrogen (secondary N) is 1. The van der Waals surface area contributed by atoms with E-state index in [4.69, 9.17) is 16.7 Å². The summed E-state index contributed by atoms with van der Waals surface area (Å²) in [5.74, 6) is -0.805. The van der Waals surface area contributed by atoms with Gasteiger partial charge in [0.05, 0.1) is 28.3 Å². The van der Waals surface area contributed by atoms with Crippen LogP contribution in [0.25, 0.3) is 10.9 Å². The summed E-state index contributed by atoms with van der Waals surface area (Å²) in [6.07, 6.45) is 3.23. The van der Waals surface area contributed by atoms with Crippen LogP contribution in [0, 0.1) is 18.3 Å². The number of aromatic nitrogens is 1. The van der Waals surface area contributed by atoms with Gasteiger partial charge in [0, 0.05) is 23.7 Å². The van der Waals surface area contributed by atoms with E-state index in [0.29, 0.717) is 22.6 Å². The van der Waals surface area contributed by atoms with Gasteiger partial charge in [-0.2, -0.15) is 5.26 Å². The second-order valence-corrected chi connectivity index (χ2v) is 7.13. The average molecular weight is 373 g/mol. The van der Waals surface area contributed by atoms with Crippen molar-refractivity contribution in [3.05, 3.63) is 34.5 Å². The van der Waals surface area contributed by atoms with E-state index in [1.54, 1.807) is 6.20 Å². The molecule has 7 heteroatoms. The Bertz CT molecular complexity index is 887. The molecule has 3 rings (SSSR count). The minimum Gasteiger partial charge on any atom is -0.480 e. The average Bonchev–Trinajstić information content (AvgIpc) is 2.55. The molecule has 0 spiro atoms. The number of fused-ring (bicyclic) bond motifs is 1. The van der Waals surface area contributed by atoms with E-state index >= 15 is 0 Å². The Kier molecular flexibility index (Phi) is 5.30. The number of pyridine rings is 1. The number of carboxylic acid groups (broad SMARTS) is 1. The molecule has 1 saturated carbocycles. The molecule has 6 nitrogen and oxygen atoms in total. The standard InChI is InChI=1S/C19H21ClN4O2/c1-3-24(10-17(25)26)14-6-13(7-14)23-18-12(8-21)9-22-19-15(18)4-11(2)5-16(19)20/h4-5,9,13-14H,3,6-7,10H2,1-2H3,(H,22,23)(H,25,26). The van der Waals surface area contributed by atoms with Crippen LogP contribution in [0.1, 0.15) is 30.9 Å². The van der Waals surface area contributed by atoms with Gasteiger partial charge in [0.25, 0.3) is 0 Å². The number of rotatable bonds is 6. The first-order chi connectivity index (χ1) is 12.4. The number of carboxylic acids is 1. The molecule has 1 aromatic heterocycles. The zero-order valence-electron chi connectivity index (χ0n) is 14.8. The van der Waals surface area contributed by atoms with E-state index in [2.05, 4.69) is 16.4 Å². The monoisotopic (exact) mass is 372 g/mol. The summed E-state index contributed by atoms with van der Waals surface area (Å²) in [6.45, 7) is 4.70. The lowest BCUT2D eigenvalue weighted by Crippen LogP contribution is -2.51. The maximum absolute atomic E-state index is 11.0. The molecule has 1 aromatic carbocycles. The molecule has 0 unspecified atom stereocenters. The van der Waals surface area contributed by atoms with Crippen molar-refractivity contribution < 1.29 is 9.90 Å². The quantitative estimate of drug-likeness (QED) is 0.807. The van der Waals surface area contributed by atoms with Crippen molar-refractivity contribution in [3.63, 3.8) is 0 Å². The molecule has 0 radical (unpaired) electrons. The maximum atomic E-state index is 11.0. The predicted octanol–water partition coefficient (Wildman–Crippen LogP) is 3.42. The molecule has 1 aliphatic rings. The minimum absolute atomic E-state index is 0.0598. The lowest BCUT2D eigenvalue weighted by atomic mass is 9.85. The normalized spacial score (nSPS) is 19.2. The van der Waals surface area contributed by atoms with Crippen LogP contribution < -0.4 is 5.32 Å². The van der Waals surface area contributed by atoms with Crippen LogP contribution in [0.3, 0.4) is 0 Å². The molecule has 2 N–H and O–H groups in total. The highest BCUT2D eigenvalue weighted by atomic mass is 35.5. The van der Waals surface area contributed by atoms with E-state index < -0.39 is 5.97 Å². The molecular formula is C19H21ClN4O2. The zero-order chi connectivity index (χ0) is 18.8. The van der Waals surface area contributed by atoms with Gasteiger partial charge in [-0.15, -0.1) is 0 Å². The lowest BCUT2D eigenvalue weighted by molar-refractivity contribution is -0.139. The second-order valence-electron chi connectivity index (χ2n) is 6.72. The molecule has 136 valence electrons. The molecule has 0 saturated heterocycles. The number of aryl methyl sites for hydroxylation is 1. The van der Waals surface area contributed by atoms with Gasteiger partial charge in [-0.1, -0.05) is 18.5 Å². The SMILES string of the molecule is CCN(CC(=O)O)C1CC(Nc2c(C#N)cnc3c(Cl)cc(C)cc23)C1. The Morgan fingerprint density at radius 3 is 2.85 bits per heavy atom. The fraction of sp³-hybridized carbons (Fsp3) is 0.421. The van der Waals surface area contributed by atoms with Crippen LogP contribution >= 0.6 is 11.6 Å². The van der Waals surface area contributed by atoms with Crippen LogP contribution in [-0.2, 0) is 4.79 Å². The number of carbonyl (C=O) groups is 1. The van der Waals surface area contributed by atoms with E-state index in [9.17, 15) is 10.1 Å². The fourth-order valence-electron chi connectivity index (χ4n) is 3.52. The number of halogens is 1. The van der Waals surface area contributed by atoms with Crippen molar-refractivity contribution in [2.45, 2.75) is 38.8 Å². The van der Waals surface area contributed by atoms with Crippen LogP contribution in [0.5, 0.6) is 0 Å². The van der Waals surface area contributed by atoms with Gasteiger partial charge in [-0.25, -0.2) is 0 Å². The molecule has 1 fully saturated rings. The molecule has 0 atom stereocenters. The molecule has 1 heterocycles. The first kappa shape index (κ1) is 18.4. The third-order valence-corrected chi connectivity index (χ3v) is 5.20. The number of nitrogens with zero attached hydrogens (tertiary/aromatic N) is 3. The van der Waals surface area contributed by atoms with Crippen molar-refractivity contribution in [2.75, 3.05) is 18.4 Å². The lowest BCUT2D eigenvalue weighted by Gasteiger charge is -2.42. The molecule has 2 aromatic rings. The zero-order valence-corrected chi connectivity index (χ0v) is 15.5. The fourth-order valence-corrected chi connectivity index (χ4v) is 3.84. The smallest absolute Gasteiger partial charge is 0.317 e. The van der Waals surface area contributed by atoms with E-state index in [-0.39, 0.29) is 18.6 Å². The number of likely N-dealkylation sites (N-methyl/N-ethyl adjacent to an activating group) is 1. The summed E-state index contributed by atoms with van der Waals surface area (Å²) in [5.41, 5.74) is 2.93. The summed E-state index contributed by atoms with van der Waals surface area (Å²) in [4.78, 5) is 17.3. The molecule has 0 bridgehead atoms. The summed E-state index contributed by atoms with van der Waals surface area (Å²) in [7, 11) is 0. The highest BCUT2D eigenvalue weighted by Crippen LogP contribution is 2.35. The molecule has 26 heavy (non-hydrogen) atoms. The number of hydrogen-bond acceptors (Lipinski definition) is 5. The minimum atomic E-state index is -0.805. The Morgan fingerprint density at radius 2 is 2.23 bits per heavy atom. The molecule has 0 aliphatic heterocycles. The van der Waals surface area contributed by atoms with Gasteiger partial charge in [-0.05, 0) is 44.0 Å². The number of benzene rings is 1. The van der Waals surface area contributed by atoms with Gasteiger partial charge in [0.15, 0.2) is 0 Å². The third-order valence-electron chi connectivity index (χ3n) is 4.91. The second kappa shape index (κ2) is 7.48. The van der Waals surface area contributed by atoms with E-state index in [0.717, 1.165) is 29.5 Å². The van der Waals surface area contributed by atoms with Crippen molar-refractivity contribution in [1.82, 2.24) is 9.88 Å². The number of anilines is 1. The molecule has 1 aliphatic carbocycles. The highest BCUT2D eigenvalue weighted by molar-refractivity contribution is 6.35. The van der Waals surface area contributed by atoms with E-state index in [1.165, 1.54) is 0 Å². The van der Waals surface area contributed by atoms with Crippen LogP contribution in [0.15, 0.2) is 18.3 Å². The highest BCUT2D eigenvalue weighted by Gasteiger charge is 2.34. The van der Waals surface area contributed by atoms with Crippen molar-refractivity contribution in [3.8, 4) is 6.07 Å². The molecule has 0 amide bonds. The Balaban J connectivity index is 1.82. The van der Waals surface area contributed by atoms with Crippen molar-refractivity contribution >= 4 is 34.2 Å². The number of aliphatic carboxylic acids is 1. The Hall–Kier alpha value is -2.36. The first-order valence-electron chi connectivity index (χ1n) is 8.64. The maximum Gasteiger partial charge on any atom is 0.317 e. The molecular weight excluding hydrogens is 352 g/mol. The first-order valence-corrected chi connectivity index (χ1v) is 9.02. The number of hydrogen-bond donors (Lipinski definition) is 2. The van der Waals surface area contributed by atoms with E-state index in [1.807, 2.05) is 30.9 Å². The van der Waals surface area contributed by atoms with Crippen molar-refractivity contribution in [2.24, 2.45) is 0 Å². The summed E-state index contributed by atoms with van der Waals surface area (Å²) in [5, 5.41) is 23.3. The van der Waals surface area contributed by atoms with Crippen LogP contribution in [-0.4, -0.2) is 46.1 Å². The van der Waals surface area contributed by atoms with Gasteiger partial charge in [0.1, 0.15) is 6.07 Å². The number of nitriles is 1. The largest absolute Gasteiger partial charge is 0.480 e.